The molecule has 86 valence electrons. The van der Waals surface area contributed by atoms with Crippen LogP contribution in [0.3, 0.4) is 0 Å². The number of hydrogen-bond acceptors (Lipinski definition) is 2. The van der Waals surface area contributed by atoms with E-state index in [1.807, 2.05) is 6.07 Å². The molecule has 0 atom stereocenters. The van der Waals surface area contributed by atoms with Crippen molar-refractivity contribution >= 4 is 5.69 Å². The van der Waals surface area contributed by atoms with Crippen LogP contribution in [0.1, 0.15) is 16.7 Å². The monoisotopic (exact) mass is 227 g/mol. The van der Waals surface area contributed by atoms with Gasteiger partial charge >= 0.3 is 0 Å². The lowest BCUT2D eigenvalue weighted by atomic mass is 10.0. The minimum absolute atomic E-state index is 0.137. The van der Waals surface area contributed by atoms with E-state index < -0.39 is 0 Å². The number of hydrogen-bond donors (Lipinski definition) is 0. The van der Waals surface area contributed by atoms with E-state index in [0.29, 0.717) is 0 Å². The lowest BCUT2D eigenvalue weighted by molar-refractivity contribution is -0.384. The van der Waals surface area contributed by atoms with E-state index in [2.05, 4.69) is 25.1 Å². The molecule has 0 saturated carbocycles. The summed E-state index contributed by atoms with van der Waals surface area (Å²) in [6.07, 6.45) is 0.805. The third kappa shape index (κ3) is 2.91. The third-order valence-electron chi connectivity index (χ3n) is 2.64. The van der Waals surface area contributed by atoms with Gasteiger partial charge in [-0.05, 0) is 24.5 Å². The van der Waals surface area contributed by atoms with E-state index in [0.717, 1.165) is 12.0 Å². The molecule has 0 fully saturated rings. The van der Waals surface area contributed by atoms with Crippen LogP contribution in [0.4, 0.5) is 5.69 Å². The first kappa shape index (κ1) is 11.3. The Labute approximate surface area is 99.9 Å². The maximum absolute atomic E-state index is 10.5. The summed E-state index contributed by atoms with van der Waals surface area (Å²) in [5.41, 5.74) is 3.67. The van der Waals surface area contributed by atoms with E-state index in [9.17, 15) is 10.1 Å². The Morgan fingerprint density at radius 2 is 1.76 bits per heavy atom. The molecule has 0 N–H and O–H groups in total. The number of rotatable bonds is 3. The molecular formula is C14H13NO2. The summed E-state index contributed by atoms with van der Waals surface area (Å²) in [6.45, 7) is 2.05. The minimum atomic E-state index is -0.379. The largest absolute Gasteiger partial charge is 0.269 e. The smallest absolute Gasteiger partial charge is 0.258 e. The number of nitrogens with zero attached hydrogens (tertiary/aromatic N) is 1. The quantitative estimate of drug-likeness (QED) is 0.595. The fourth-order valence-corrected chi connectivity index (χ4v) is 1.79. The van der Waals surface area contributed by atoms with Gasteiger partial charge in [0.15, 0.2) is 0 Å². The summed E-state index contributed by atoms with van der Waals surface area (Å²) in [5, 5.41) is 10.5. The van der Waals surface area contributed by atoms with Crippen LogP contribution in [-0.2, 0) is 6.42 Å². The Bertz CT molecular complexity index is 532. The molecule has 0 aliphatic heterocycles. The summed E-state index contributed by atoms with van der Waals surface area (Å²) in [7, 11) is 0. The van der Waals surface area contributed by atoms with Gasteiger partial charge in [0.1, 0.15) is 0 Å². The van der Waals surface area contributed by atoms with Crippen molar-refractivity contribution in [3.63, 3.8) is 0 Å². The molecule has 0 aromatic heterocycles. The number of non-ortho nitro benzene ring substituents is 1. The highest BCUT2D eigenvalue weighted by atomic mass is 16.6. The molecule has 0 aliphatic carbocycles. The molecule has 3 nitrogen and oxygen atoms in total. The topological polar surface area (TPSA) is 43.1 Å². The van der Waals surface area contributed by atoms with Gasteiger partial charge in [-0.15, -0.1) is 0 Å². The van der Waals surface area contributed by atoms with Crippen LogP contribution in [0.15, 0.2) is 48.5 Å². The van der Waals surface area contributed by atoms with Crippen LogP contribution in [-0.4, -0.2) is 4.92 Å². The Morgan fingerprint density at radius 1 is 1.06 bits per heavy atom. The van der Waals surface area contributed by atoms with Gasteiger partial charge < -0.3 is 0 Å². The lowest BCUT2D eigenvalue weighted by Gasteiger charge is -2.02. The zero-order valence-electron chi connectivity index (χ0n) is 9.59. The van der Waals surface area contributed by atoms with Gasteiger partial charge in [-0.1, -0.05) is 42.0 Å². The SMILES string of the molecule is Cc1cccc(Cc2ccc([N+](=O)[O-])cc2)c1. The summed E-state index contributed by atoms with van der Waals surface area (Å²) >= 11 is 0. The summed E-state index contributed by atoms with van der Waals surface area (Å²) in [5.74, 6) is 0. The average Bonchev–Trinajstić information content (AvgIpc) is 2.29. The minimum Gasteiger partial charge on any atom is -0.258 e. The molecule has 0 saturated heterocycles. The van der Waals surface area contributed by atoms with E-state index in [1.54, 1.807) is 24.3 Å². The van der Waals surface area contributed by atoms with Crippen molar-refractivity contribution in [2.24, 2.45) is 0 Å². The second kappa shape index (κ2) is 4.78. The van der Waals surface area contributed by atoms with Crippen LogP contribution < -0.4 is 0 Å². The molecule has 2 aromatic carbocycles. The molecule has 0 spiro atoms. The third-order valence-corrected chi connectivity index (χ3v) is 2.64. The van der Waals surface area contributed by atoms with Crippen LogP contribution in [0.25, 0.3) is 0 Å². The second-order valence-corrected chi connectivity index (χ2v) is 4.09. The number of aryl methyl sites for hydroxylation is 1. The fourth-order valence-electron chi connectivity index (χ4n) is 1.79. The molecule has 2 aromatic rings. The van der Waals surface area contributed by atoms with Crippen molar-refractivity contribution in [3.05, 3.63) is 75.3 Å². The van der Waals surface area contributed by atoms with Gasteiger partial charge in [0.2, 0.25) is 0 Å². The second-order valence-electron chi connectivity index (χ2n) is 4.09. The Balaban J connectivity index is 2.16. The predicted molar refractivity (Wildman–Crippen MR) is 67.1 cm³/mol. The van der Waals surface area contributed by atoms with Crippen molar-refractivity contribution in [2.75, 3.05) is 0 Å². The average molecular weight is 227 g/mol. The van der Waals surface area contributed by atoms with Crippen LogP contribution >= 0.6 is 0 Å². The highest BCUT2D eigenvalue weighted by molar-refractivity contribution is 5.36. The predicted octanol–water partition coefficient (Wildman–Crippen LogP) is 3.49. The molecule has 0 unspecified atom stereocenters. The Kier molecular flexibility index (Phi) is 3.19. The fraction of sp³-hybridized carbons (Fsp3) is 0.143. The van der Waals surface area contributed by atoms with Crippen LogP contribution in [0, 0.1) is 17.0 Å². The number of nitro benzene ring substituents is 1. The van der Waals surface area contributed by atoms with Gasteiger partial charge in [0.25, 0.3) is 5.69 Å². The van der Waals surface area contributed by atoms with Crippen molar-refractivity contribution < 1.29 is 4.92 Å². The lowest BCUT2D eigenvalue weighted by Crippen LogP contribution is -1.91. The highest BCUT2D eigenvalue weighted by Gasteiger charge is 2.04. The first-order valence-corrected chi connectivity index (χ1v) is 5.44. The maximum atomic E-state index is 10.5. The van der Waals surface area contributed by atoms with Crippen molar-refractivity contribution in [1.82, 2.24) is 0 Å². The van der Waals surface area contributed by atoms with Gasteiger partial charge in [-0.25, -0.2) is 0 Å². The van der Waals surface area contributed by atoms with E-state index in [4.69, 9.17) is 0 Å². The van der Waals surface area contributed by atoms with Crippen molar-refractivity contribution in [2.45, 2.75) is 13.3 Å². The number of benzene rings is 2. The molecule has 0 heterocycles. The van der Waals surface area contributed by atoms with E-state index >= 15 is 0 Å². The first-order valence-electron chi connectivity index (χ1n) is 5.44. The highest BCUT2D eigenvalue weighted by Crippen LogP contribution is 2.15. The molecule has 2 rings (SSSR count). The molecule has 0 radical (unpaired) electrons. The van der Waals surface area contributed by atoms with Gasteiger partial charge in [0.05, 0.1) is 4.92 Å². The Morgan fingerprint density at radius 3 is 2.35 bits per heavy atom. The molecule has 0 bridgehead atoms. The zero-order chi connectivity index (χ0) is 12.3. The first-order chi connectivity index (χ1) is 8.15. The molecule has 17 heavy (non-hydrogen) atoms. The van der Waals surface area contributed by atoms with Crippen LogP contribution in [0.5, 0.6) is 0 Å². The molecule has 0 aliphatic rings. The maximum Gasteiger partial charge on any atom is 0.269 e. The zero-order valence-corrected chi connectivity index (χ0v) is 9.59. The van der Waals surface area contributed by atoms with Gasteiger partial charge in [0, 0.05) is 12.1 Å². The summed E-state index contributed by atoms with van der Waals surface area (Å²) in [4.78, 5) is 10.1. The van der Waals surface area contributed by atoms with Crippen molar-refractivity contribution in [3.8, 4) is 0 Å². The van der Waals surface area contributed by atoms with Crippen LogP contribution in [0.2, 0.25) is 0 Å². The van der Waals surface area contributed by atoms with Gasteiger partial charge in [-0.3, -0.25) is 10.1 Å². The number of nitro groups is 1. The molecule has 3 heteroatoms. The van der Waals surface area contributed by atoms with E-state index in [-0.39, 0.29) is 10.6 Å². The van der Waals surface area contributed by atoms with Gasteiger partial charge in [-0.2, -0.15) is 0 Å². The summed E-state index contributed by atoms with van der Waals surface area (Å²) < 4.78 is 0. The summed E-state index contributed by atoms with van der Waals surface area (Å²) in [6, 6.07) is 15.0. The van der Waals surface area contributed by atoms with E-state index in [1.165, 1.54) is 11.1 Å². The molecular weight excluding hydrogens is 214 g/mol. The normalized spacial score (nSPS) is 10.2. The standard InChI is InChI=1S/C14H13NO2/c1-11-3-2-4-13(9-11)10-12-5-7-14(8-6-12)15(16)17/h2-9H,10H2,1H3. The molecule has 0 amide bonds. The van der Waals surface area contributed by atoms with Crippen molar-refractivity contribution in [1.29, 1.82) is 0 Å². The Hall–Kier alpha value is -2.16.